The minimum Gasteiger partial charge on any atom is -0.383 e. The molecule has 0 spiro atoms. The third kappa shape index (κ3) is 4.82. The highest BCUT2D eigenvalue weighted by molar-refractivity contribution is 6.03. The van der Waals surface area contributed by atoms with Crippen LogP contribution in [0.1, 0.15) is 36.4 Å². The monoisotopic (exact) mass is 423 g/mol. The quantitative estimate of drug-likeness (QED) is 0.654. The number of amides is 2. The second kappa shape index (κ2) is 9.39. The first-order chi connectivity index (χ1) is 15.1. The van der Waals surface area contributed by atoms with Gasteiger partial charge in [0, 0.05) is 31.6 Å². The minimum atomic E-state index is -0.368. The van der Waals surface area contributed by atoms with Crippen molar-refractivity contribution in [3.05, 3.63) is 71.5 Å². The number of hydrogen-bond acceptors (Lipinski definition) is 4. The summed E-state index contributed by atoms with van der Waals surface area (Å²) in [5.41, 5.74) is 1.84. The lowest BCUT2D eigenvalue weighted by molar-refractivity contribution is -0.142. The smallest absolute Gasteiger partial charge is 0.262 e. The SMILES string of the molecule is COCCN(CC(=O)N1N=C(c2ccccc2F)C[C@@H]1c1ccccc1)C(=O)C1CC1. The fourth-order valence-electron chi connectivity index (χ4n) is 3.83. The first-order valence-corrected chi connectivity index (χ1v) is 10.6. The molecule has 0 bridgehead atoms. The molecule has 2 aromatic carbocycles. The molecule has 0 radical (unpaired) electrons. The van der Waals surface area contributed by atoms with Gasteiger partial charge in [0.15, 0.2) is 0 Å². The van der Waals surface area contributed by atoms with E-state index in [0.717, 1.165) is 18.4 Å². The topological polar surface area (TPSA) is 62.2 Å². The number of carbonyl (C=O) groups excluding carboxylic acids is 2. The summed E-state index contributed by atoms with van der Waals surface area (Å²) in [5, 5.41) is 5.94. The standard InChI is InChI=1S/C24H26FN3O3/c1-31-14-13-27(24(30)18-11-12-18)16-23(29)28-22(17-7-3-2-4-8-17)15-21(26-28)19-9-5-6-10-20(19)25/h2-10,18,22H,11-16H2,1H3/t22-/m1/s1. The van der Waals surface area contributed by atoms with Crippen LogP contribution in [0.15, 0.2) is 59.7 Å². The second-order valence-electron chi connectivity index (χ2n) is 7.92. The number of benzene rings is 2. The minimum absolute atomic E-state index is 0.00521. The summed E-state index contributed by atoms with van der Waals surface area (Å²) in [6, 6.07) is 15.7. The third-order valence-electron chi connectivity index (χ3n) is 5.66. The van der Waals surface area contributed by atoms with Crippen LogP contribution in [-0.4, -0.2) is 54.2 Å². The lowest BCUT2D eigenvalue weighted by atomic mass is 9.98. The maximum absolute atomic E-state index is 14.4. The van der Waals surface area contributed by atoms with E-state index in [0.29, 0.717) is 30.8 Å². The Balaban J connectivity index is 1.60. The Morgan fingerprint density at radius 1 is 1.13 bits per heavy atom. The Kier molecular flexibility index (Phi) is 6.42. The van der Waals surface area contributed by atoms with Gasteiger partial charge < -0.3 is 9.64 Å². The largest absolute Gasteiger partial charge is 0.383 e. The Morgan fingerprint density at radius 2 is 1.84 bits per heavy atom. The molecule has 6 nitrogen and oxygen atoms in total. The van der Waals surface area contributed by atoms with E-state index in [9.17, 15) is 14.0 Å². The molecule has 31 heavy (non-hydrogen) atoms. The van der Waals surface area contributed by atoms with Crippen LogP contribution in [0.2, 0.25) is 0 Å². The zero-order chi connectivity index (χ0) is 21.8. The average Bonchev–Trinajstić information content (AvgIpc) is 3.55. The fraction of sp³-hybridized carbons (Fsp3) is 0.375. The van der Waals surface area contributed by atoms with Crippen molar-refractivity contribution in [2.24, 2.45) is 11.0 Å². The molecular formula is C24H26FN3O3. The van der Waals surface area contributed by atoms with Gasteiger partial charge in [0.05, 0.1) is 18.4 Å². The Hall–Kier alpha value is -3.06. The Bertz CT molecular complexity index is 975. The lowest BCUT2D eigenvalue weighted by Crippen LogP contribution is -2.43. The molecule has 1 aliphatic carbocycles. The molecule has 0 N–H and O–H groups in total. The van der Waals surface area contributed by atoms with Crippen LogP contribution in [-0.2, 0) is 14.3 Å². The van der Waals surface area contributed by atoms with Crippen molar-refractivity contribution in [2.45, 2.75) is 25.3 Å². The normalized spacial score (nSPS) is 18.1. The molecule has 1 saturated carbocycles. The van der Waals surface area contributed by atoms with Crippen LogP contribution in [0.3, 0.4) is 0 Å². The van der Waals surface area contributed by atoms with E-state index in [2.05, 4.69) is 5.10 Å². The average molecular weight is 423 g/mol. The Labute approximate surface area is 181 Å². The fourth-order valence-corrected chi connectivity index (χ4v) is 3.83. The third-order valence-corrected chi connectivity index (χ3v) is 5.66. The van der Waals surface area contributed by atoms with Gasteiger partial charge >= 0.3 is 0 Å². The summed E-state index contributed by atoms with van der Waals surface area (Å²) < 4.78 is 19.5. The first kappa shape index (κ1) is 21.2. The number of methoxy groups -OCH3 is 1. The number of ether oxygens (including phenoxy) is 1. The maximum atomic E-state index is 14.4. The number of carbonyl (C=O) groups is 2. The first-order valence-electron chi connectivity index (χ1n) is 10.6. The van der Waals surface area contributed by atoms with Crippen molar-refractivity contribution < 1.29 is 18.7 Å². The van der Waals surface area contributed by atoms with E-state index >= 15 is 0 Å². The van der Waals surface area contributed by atoms with Gasteiger partial charge in [0.25, 0.3) is 5.91 Å². The van der Waals surface area contributed by atoms with E-state index in [1.807, 2.05) is 30.3 Å². The molecule has 4 rings (SSSR count). The van der Waals surface area contributed by atoms with Crippen molar-refractivity contribution in [1.82, 2.24) is 9.91 Å². The van der Waals surface area contributed by atoms with E-state index in [1.165, 1.54) is 11.1 Å². The zero-order valence-electron chi connectivity index (χ0n) is 17.5. The molecule has 0 aromatic heterocycles. The number of nitrogens with zero attached hydrogens (tertiary/aromatic N) is 3. The summed E-state index contributed by atoms with van der Waals surface area (Å²) in [5.74, 6) is -0.664. The highest BCUT2D eigenvalue weighted by Gasteiger charge is 2.37. The highest BCUT2D eigenvalue weighted by atomic mass is 19.1. The maximum Gasteiger partial charge on any atom is 0.262 e. The number of hydrazone groups is 1. The number of halogens is 1. The highest BCUT2D eigenvalue weighted by Crippen LogP contribution is 2.34. The van der Waals surface area contributed by atoms with Crippen molar-refractivity contribution in [1.29, 1.82) is 0 Å². The van der Waals surface area contributed by atoms with Gasteiger partial charge in [-0.3, -0.25) is 9.59 Å². The van der Waals surface area contributed by atoms with E-state index in [4.69, 9.17) is 4.74 Å². The summed E-state index contributed by atoms with van der Waals surface area (Å²) in [6.07, 6.45) is 2.14. The zero-order valence-corrected chi connectivity index (χ0v) is 17.5. The van der Waals surface area contributed by atoms with E-state index in [1.54, 1.807) is 30.2 Å². The van der Waals surface area contributed by atoms with Gasteiger partial charge in [-0.1, -0.05) is 48.5 Å². The van der Waals surface area contributed by atoms with Crippen LogP contribution in [0.25, 0.3) is 0 Å². The molecule has 7 heteroatoms. The molecule has 162 valence electrons. The van der Waals surface area contributed by atoms with Crippen molar-refractivity contribution in [2.75, 3.05) is 26.8 Å². The molecule has 2 amide bonds. The van der Waals surface area contributed by atoms with Crippen LogP contribution in [0.4, 0.5) is 4.39 Å². The van der Waals surface area contributed by atoms with Gasteiger partial charge in [-0.25, -0.2) is 9.40 Å². The summed E-state index contributed by atoms with van der Waals surface area (Å²) in [4.78, 5) is 27.5. The predicted octanol–water partition coefficient (Wildman–Crippen LogP) is 3.39. The van der Waals surface area contributed by atoms with E-state index < -0.39 is 0 Å². The summed E-state index contributed by atoms with van der Waals surface area (Å²) >= 11 is 0. The number of rotatable bonds is 8. The van der Waals surface area contributed by atoms with Crippen LogP contribution < -0.4 is 0 Å². The molecule has 1 aliphatic heterocycles. The predicted molar refractivity (Wildman–Crippen MR) is 115 cm³/mol. The van der Waals surface area contributed by atoms with E-state index in [-0.39, 0.29) is 36.1 Å². The van der Waals surface area contributed by atoms with Gasteiger partial charge in [-0.05, 0) is 24.5 Å². The van der Waals surface area contributed by atoms with Crippen LogP contribution in [0.5, 0.6) is 0 Å². The van der Waals surface area contributed by atoms with Crippen molar-refractivity contribution >= 4 is 17.5 Å². The second-order valence-corrected chi connectivity index (χ2v) is 7.92. The summed E-state index contributed by atoms with van der Waals surface area (Å²) in [7, 11) is 1.57. The van der Waals surface area contributed by atoms with Crippen molar-refractivity contribution in [3.8, 4) is 0 Å². The molecule has 2 aliphatic rings. The molecule has 1 atom stereocenters. The van der Waals surface area contributed by atoms with Gasteiger partial charge in [0.2, 0.25) is 5.91 Å². The van der Waals surface area contributed by atoms with Gasteiger partial charge in [-0.15, -0.1) is 0 Å². The molecule has 1 fully saturated rings. The van der Waals surface area contributed by atoms with Crippen molar-refractivity contribution in [3.63, 3.8) is 0 Å². The van der Waals surface area contributed by atoms with Crippen LogP contribution >= 0.6 is 0 Å². The summed E-state index contributed by atoms with van der Waals surface area (Å²) in [6.45, 7) is 0.638. The molecule has 0 unspecified atom stereocenters. The number of hydrogen-bond donors (Lipinski definition) is 0. The van der Waals surface area contributed by atoms with Crippen LogP contribution in [0, 0.1) is 11.7 Å². The van der Waals surface area contributed by atoms with Gasteiger partial charge in [-0.2, -0.15) is 5.10 Å². The molecular weight excluding hydrogens is 397 g/mol. The van der Waals surface area contributed by atoms with Gasteiger partial charge in [0.1, 0.15) is 12.4 Å². The lowest BCUT2D eigenvalue weighted by Gasteiger charge is -2.27. The molecule has 2 aromatic rings. The molecule has 1 heterocycles. The Morgan fingerprint density at radius 3 is 2.52 bits per heavy atom. The molecule has 0 saturated heterocycles.